The minimum absolute atomic E-state index is 0.517. The third-order valence-electron chi connectivity index (χ3n) is 2.38. The average Bonchev–Trinajstić information content (AvgIpc) is 1.60. The molecule has 1 nitrogen and oxygen atoms in total. The van der Waals surface area contributed by atoms with E-state index in [1.165, 1.54) is 32.1 Å². The van der Waals surface area contributed by atoms with Crippen molar-refractivity contribution < 1.29 is 0 Å². The monoisotopic (exact) mass is 127 g/mol. The Morgan fingerprint density at radius 3 is 2.56 bits per heavy atom. The van der Waals surface area contributed by atoms with Crippen LogP contribution in [0.15, 0.2) is 0 Å². The summed E-state index contributed by atoms with van der Waals surface area (Å²) in [6.45, 7) is 2.21. The molecule has 1 aliphatic rings. The molecule has 0 aromatic carbocycles. The van der Waals surface area contributed by atoms with E-state index < -0.39 is 0 Å². The van der Waals surface area contributed by atoms with Gasteiger partial charge in [0.1, 0.15) is 0 Å². The van der Waals surface area contributed by atoms with Crippen molar-refractivity contribution in [1.82, 2.24) is 0 Å². The van der Waals surface area contributed by atoms with Gasteiger partial charge in [-0.3, -0.25) is 0 Å². The summed E-state index contributed by atoms with van der Waals surface area (Å²) >= 11 is 0. The first-order valence-electron chi connectivity index (χ1n) is 4.10. The lowest BCUT2D eigenvalue weighted by molar-refractivity contribution is 0.252. The number of hydrogen-bond donors (Lipinski definition) is 1. The number of hydrogen-bond acceptors (Lipinski definition) is 1. The van der Waals surface area contributed by atoms with Gasteiger partial charge < -0.3 is 5.73 Å². The molecule has 1 saturated carbocycles. The highest BCUT2D eigenvalue weighted by molar-refractivity contribution is 4.79. The minimum atomic E-state index is 0.517. The molecule has 9 heavy (non-hydrogen) atoms. The minimum Gasteiger partial charge on any atom is -0.327 e. The number of nitrogens with two attached hydrogens (primary N) is 1. The van der Waals surface area contributed by atoms with Gasteiger partial charge in [-0.05, 0) is 25.2 Å². The van der Waals surface area contributed by atoms with Crippen LogP contribution in [-0.2, 0) is 0 Å². The maximum atomic E-state index is 5.89. The van der Waals surface area contributed by atoms with Gasteiger partial charge in [0, 0.05) is 6.04 Å². The molecule has 0 unspecified atom stereocenters. The maximum Gasteiger partial charge on any atom is 0.00670 e. The zero-order valence-corrected chi connectivity index (χ0v) is 6.27. The van der Waals surface area contributed by atoms with Crippen LogP contribution < -0.4 is 5.73 Å². The normalized spacial score (nSPS) is 23.3. The van der Waals surface area contributed by atoms with Gasteiger partial charge in [-0.2, -0.15) is 0 Å². The second-order valence-electron chi connectivity index (χ2n) is 3.14. The summed E-state index contributed by atoms with van der Waals surface area (Å²) in [7, 11) is 0. The molecule has 1 heteroatoms. The summed E-state index contributed by atoms with van der Waals surface area (Å²) in [5.41, 5.74) is 5.89. The van der Waals surface area contributed by atoms with Gasteiger partial charge in [-0.15, -0.1) is 0 Å². The van der Waals surface area contributed by atoms with E-state index in [0.717, 1.165) is 5.92 Å². The fourth-order valence-electron chi connectivity index (χ4n) is 1.44. The van der Waals surface area contributed by atoms with Crippen molar-refractivity contribution in [1.29, 1.82) is 0 Å². The Balaban J connectivity index is 2.08. The molecule has 1 fully saturated rings. The van der Waals surface area contributed by atoms with Crippen LogP contribution in [0.2, 0.25) is 0 Å². The summed E-state index contributed by atoms with van der Waals surface area (Å²) in [6, 6.07) is 0.517. The Bertz CT molecular complexity index is 76.6. The summed E-state index contributed by atoms with van der Waals surface area (Å²) < 4.78 is 0. The van der Waals surface area contributed by atoms with Gasteiger partial charge in [0.2, 0.25) is 0 Å². The molecule has 54 valence electrons. The smallest absolute Gasteiger partial charge is 0.00670 e. The van der Waals surface area contributed by atoms with Gasteiger partial charge >= 0.3 is 0 Å². The van der Waals surface area contributed by atoms with E-state index in [9.17, 15) is 0 Å². The largest absolute Gasteiger partial charge is 0.327 e. The molecule has 0 aromatic rings. The molecule has 0 saturated heterocycles. The van der Waals surface area contributed by atoms with Crippen LogP contribution >= 0.6 is 0 Å². The van der Waals surface area contributed by atoms with E-state index in [2.05, 4.69) is 6.92 Å². The molecule has 1 rings (SSSR count). The van der Waals surface area contributed by atoms with Crippen LogP contribution in [0.4, 0.5) is 0 Å². The fourth-order valence-corrected chi connectivity index (χ4v) is 1.44. The number of rotatable bonds is 3. The van der Waals surface area contributed by atoms with Crippen LogP contribution in [0, 0.1) is 5.92 Å². The first kappa shape index (κ1) is 7.07. The molecular formula is C8H17N. The molecule has 1 aliphatic carbocycles. The van der Waals surface area contributed by atoms with E-state index in [1.54, 1.807) is 0 Å². The molecule has 0 aromatic heterocycles. The van der Waals surface area contributed by atoms with Crippen LogP contribution in [0.25, 0.3) is 0 Å². The highest BCUT2D eigenvalue weighted by atomic mass is 14.7. The molecule has 0 aliphatic heterocycles. The Labute approximate surface area is 57.6 Å². The maximum absolute atomic E-state index is 5.89. The van der Waals surface area contributed by atoms with Gasteiger partial charge in [0.15, 0.2) is 0 Å². The van der Waals surface area contributed by atoms with Crippen LogP contribution in [0.5, 0.6) is 0 Å². The van der Waals surface area contributed by atoms with Crippen molar-refractivity contribution in [3.05, 3.63) is 0 Å². The summed E-state index contributed by atoms with van der Waals surface area (Å²) in [6.07, 6.45) is 6.67. The van der Waals surface area contributed by atoms with Gasteiger partial charge in [-0.1, -0.05) is 19.8 Å². The van der Waals surface area contributed by atoms with E-state index >= 15 is 0 Å². The Hall–Kier alpha value is -0.0400. The van der Waals surface area contributed by atoms with Crippen LogP contribution in [-0.4, -0.2) is 6.04 Å². The van der Waals surface area contributed by atoms with Gasteiger partial charge in [-0.25, -0.2) is 0 Å². The quantitative estimate of drug-likeness (QED) is 0.615. The highest BCUT2D eigenvalue weighted by Gasteiger charge is 2.22. The SMILES string of the molecule is CCC[C@@H](N)C1CCC1. The second kappa shape index (κ2) is 3.21. The summed E-state index contributed by atoms with van der Waals surface area (Å²) in [5.74, 6) is 0.880. The Morgan fingerprint density at radius 2 is 2.22 bits per heavy atom. The molecule has 1 atom stereocenters. The lowest BCUT2D eigenvalue weighted by atomic mass is 9.79. The molecule has 0 spiro atoms. The van der Waals surface area contributed by atoms with Crippen molar-refractivity contribution in [3.8, 4) is 0 Å². The van der Waals surface area contributed by atoms with Crippen LogP contribution in [0.3, 0.4) is 0 Å². The van der Waals surface area contributed by atoms with Gasteiger partial charge in [0.25, 0.3) is 0 Å². The van der Waals surface area contributed by atoms with Crippen molar-refractivity contribution in [2.45, 2.75) is 45.1 Å². The van der Waals surface area contributed by atoms with E-state index in [1.807, 2.05) is 0 Å². The first-order chi connectivity index (χ1) is 4.34. The zero-order valence-electron chi connectivity index (χ0n) is 6.27. The third kappa shape index (κ3) is 1.68. The lowest BCUT2D eigenvalue weighted by Crippen LogP contribution is -2.34. The van der Waals surface area contributed by atoms with Crippen molar-refractivity contribution >= 4 is 0 Å². The highest BCUT2D eigenvalue weighted by Crippen LogP contribution is 2.29. The molecule has 2 N–H and O–H groups in total. The topological polar surface area (TPSA) is 26.0 Å². The predicted molar refractivity (Wildman–Crippen MR) is 40.2 cm³/mol. The van der Waals surface area contributed by atoms with Crippen molar-refractivity contribution in [2.75, 3.05) is 0 Å². The summed E-state index contributed by atoms with van der Waals surface area (Å²) in [4.78, 5) is 0. The fraction of sp³-hybridized carbons (Fsp3) is 1.00. The van der Waals surface area contributed by atoms with E-state index in [4.69, 9.17) is 5.73 Å². The Kier molecular flexibility index (Phi) is 2.52. The molecule has 0 amide bonds. The van der Waals surface area contributed by atoms with Crippen molar-refractivity contribution in [2.24, 2.45) is 11.7 Å². The van der Waals surface area contributed by atoms with E-state index in [-0.39, 0.29) is 0 Å². The van der Waals surface area contributed by atoms with Crippen LogP contribution in [0.1, 0.15) is 39.0 Å². The first-order valence-corrected chi connectivity index (χ1v) is 4.10. The zero-order chi connectivity index (χ0) is 6.69. The lowest BCUT2D eigenvalue weighted by Gasteiger charge is -2.30. The molecule has 0 bridgehead atoms. The molecular weight excluding hydrogens is 110 g/mol. The predicted octanol–water partition coefficient (Wildman–Crippen LogP) is 1.91. The third-order valence-corrected chi connectivity index (χ3v) is 2.38. The molecule has 0 radical (unpaired) electrons. The average molecular weight is 127 g/mol. The van der Waals surface area contributed by atoms with Crippen molar-refractivity contribution in [3.63, 3.8) is 0 Å². The molecule has 0 heterocycles. The summed E-state index contributed by atoms with van der Waals surface area (Å²) in [5, 5.41) is 0. The van der Waals surface area contributed by atoms with E-state index in [0.29, 0.717) is 6.04 Å². The Morgan fingerprint density at radius 1 is 1.56 bits per heavy atom. The second-order valence-corrected chi connectivity index (χ2v) is 3.14. The standard InChI is InChI=1S/C8H17N/c1-2-4-8(9)7-5-3-6-7/h7-8H,2-6,9H2,1H3/t8-/m1/s1. The van der Waals surface area contributed by atoms with Gasteiger partial charge in [0.05, 0.1) is 0 Å².